The third-order valence-corrected chi connectivity index (χ3v) is 2.58. The first-order valence-corrected chi connectivity index (χ1v) is 5.06. The lowest BCUT2D eigenvalue weighted by molar-refractivity contribution is 0.408. The summed E-state index contributed by atoms with van der Waals surface area (Å²) in [5.74, 6) is 0.424. The molecule has 0 bridgehead atoms. The van der Waals surface area contributed by atoms with Crippen LogP contribution < -0.4 is 5.73 Å². The minimum Gasteiger partial charge on any atom is -0.383 e. The van der Waals surface area contributed by atoms with E-state index in [9.17, 15) is 0 Å². The van der Waals surface area contributed by atoms with Crippen molar-refractivity contribution in [2.24, 2.45) is 0 Å². The van der Waals surface area contributed by atoms with E-state index < -0.39 is 0 Å². The van der Waals surface area contributed by atoms with E-state index in [1.807, 2.05) is 10.8 Å². The molecule has 2 aromatic heterocycles. The molecule has 2 aromatic rings. The summed E-state index contributed by atoms with van der Waals surface area (Å²) in [7, 11) is 0. The number of nitrogens with zero attached hydrogens (tertiary/aromatic N) is 3. The summed E-state index contributed by atoms with van der Waals surface area (Å²) in [4.78, 5) is 8.15. The molecule has 0 aliphatic rings. The Morgan fingerprint density at radius 3 is 2.60 bits per heavy atom. The minimum atomic E-state index is -0.0772. The average Bonchev–Trinajstić information content (AvgIpc) is 2.44. The first kappa shape index (κ1) is 10.2. The van der Waals surface area contributed by atoms with Gasteiger partial charge in [-0.05, 0) is 20.8 Å². The van der Waals surface area contributed by atoms with Crippen molar-refractivity contribution in [3.05, 3.63) is 17.5 Å². The Morgan fingerprint density at radius 2 is 2.00 bits per heavy atom. The van der Waals surface area contributed by atoms with E-state index in [1.165, 1.54) is 6.33 Å². The molecule has 2 N–H and O–H groups in total. The highest BCUT2D eigenvalue weighted by atomic mass is 35.5. The summed E-state index contributed by atoms with van der Waals surface area (Å²) in [6.45, 7) is 6.25. The summed E-state index contributed by atoms with van der Waals surface area (Å²) in [6.07, 6.45) is 3.30. The van der Waals surface area contributed by atoms with Crippen molar-refractivity contribution in [1.82, 2.24) is 14.5 Å². The van der Waals surface area contributed by atoms with Gasteiger partial charge in [0.15, 0.2) is 0 Å². The molecule has 0 saturated heterocycles. The lowest BCUT2D eigenvalue weighted by Crippen LogP contribution is -2.21. The predicted octanol–water partition coefficient (Wildman–Crippen LogP) is 2.42. The van der Waals surface area contributed by atoms with Gasteiger partial charge in [-0.25, -0.2) is 9.97 Å². The van der Waals surface area contributed by atoms with Crippen LogP contribution in [0.2, 0.25) is 5.02 Å². The predicted molar refractivity (Wildman–Crippen MR) is 61.9 cm³/mol. The maximum absolute atomic E-state index is 6.11. The molecule has 5 heteroatoms. The van der Waals surface area contributed by atoms with Gasteiger partial charge in [0, 0.05) is 11.7 Å². The molecule has 0 aromatic carbocycles. The summed E-state index contributed by atoms with van der Waals surface area (Å²) in [6, 6.07) is 0. The molecule has 0 spiro atoms. The summed E-state index contributed by atoms with van der Waals surface area (Å²) in [5.41, 5.74) is 6.47. The standard InChI is InChI=1S/C10H13ClN4/c1-10(2,3)15-4-6(11)7-8(12)13-5-14-9(7)15/h4-5H,1-3H3,(H2,12,13,14). The van der Waals surface area contributed by atoms with Crippen molar-refractivity contribution >= 4 is 28.5 Å². The van der Waals surface area contributed by atoms with Crippen LogP contribution in [-0.4, -0.2) is 14.5 Å². The van der Waals surface area contributed by atoms with Gasteiger partial charge in [-0.1, -0.05) is 11.6 Å². The van der Waals surface area contributed by atoms with Crippen LogP contribution in [0.5, 0.6) is 0 Å². The smallest absolute Gasteiger partial charge is 0.147 e. The SMILES string of the molecule is CC(C)(C)n1cc(Cl)c2c(N)ncnc21. The van der Waals surface area contributed by atoms with Crippen molar-refractivity contribution in [1.29, 1.82) is 0 Å². The Balaban J connectivity index is 2.85. The van der Waals surface area contributed by atoms with E-state index in [0.717, 1.165) is 11.0 Å². The molecule has 2 heterocycles. The number of halogens is 1. The molecule has 80 valence electrons. The molecule has 4 nitrogen and oxygen atoms in total. The molecular formula is C10H13ClN4. The first-order chi connectivity index (χ1) is 6.91. The number of hydrogen-bond acceptors (Lipinski definition) is 3. The molecule has 0 aliphatic carbocycles. The van der Waals surface area contributed by atoms with E-state index in [4.69, 9.17) is 17.3 Å². The average molecular weight is 225 g/mol. The van der Waals surface area contributed by atoms with Crippen molar-refractivity contribution in [3.63, 3.8) is 0 Å². The van der Waals surface area contributed by atoms with Crippen LogP contribution in [0.15, 0.2) is 12.5 Å². The second-order valence-corrected chi connectivity index (χ2v) is 4.88. The van der Waals surface area contributed by atoms with E-state index in [1.54, 1.807) is 0 Å². The third-order valence-electron chi connectivity index (χ3n) is 2.29. The number of anilines is 1. The van der Waals surface area contributed by atoms with Crippen molar-refractivity contribution in [3.8, 4) is 0 Å². The minimum absolute atomic E-state index is 0.0772. The van der Waals surface area contributed by atoms with Crippen molar-refractivity contribution in [2.75, 3.05) is 5.73 Å². The van der Waals surface area contributed by atoms with E-state index in [0.29, 0.717) is 10.8 Å². The number of nitrogen functional groups attached to an aromatic ring is 1. The summed E-state index contributed by atoms with van der Waals surface area (Å²) in [5, 5.41) is 1.33. The lowest BCUT2D eigenvalue weighted by atomic mass is 10.1. The van der Waals surface area contributed by atoms with E-state index >= 15 is 0 Å². The number of hydrogen-bond donors (Lipinski definition) is 1. The Morgan fingerprint density at radius 1 is 1.33 bits per heavy atom. The van der Waals surface area contributed by atoms with Crippen molar-refractivity contribution < 1.29 is 0 Å². The second-order valence-electron chi connectivity index (χ2n) is 4.48. The van der Waals surface area contributed by atoms with Crippen LogP contribution in [0.25, 0.3) is 11.0 Å². The van der Waals surface area contributed by atoms with Gasteiger partial charge in [-0.15, -0.1) is 0 Å². The molecule has 0 fully saturated rings. The maximum atomic E-state index is 6.11. The van der Waals surface area contributed by atoms with Crippen LogP contribution in [0.4, 0.5) is 5.82 Å². The fourth-order valence-corrected chi connectivity index (χ4v) is 1.83. The molecule has 0 unspecified atom stereocenters. The van der Waals surface area contributed by atoms with Crippen LogP contribution in [0.3, 0.4) is 0 Å². The van der Waals surface area contributed by atoms with Gasteiger partial charge in [0.25, 0.3) is 0 Å². The Labute approximate surface area is 93.1 Å². The third kappa shape index (κ3) is 1.55. The monoisotopic (exact) mass is 224 g/mol. The largest absolute Gasteiger partial charge is 0.383 e. The molecule has 0 atom stereocenters. The highest BCUT2D eigenvalue weighted by Gasteiger charge is 2.20. The zero-order chi connectivity index (χ0) is 11.2. The fourth-order valence-electron chi connectivity index (χ4n) is 1.55. The van der Waals surface area contributed by atoms with Gasteiger partial charge in [0.2, 0.25) is 0 Å². The van der Waals surface area contributed by atoms with Gasteiger partial charge in [0.05, 0.1) is 10.4 Å². The highest BCUT2D eigenvalue weighted by molar-refractivity contribution is 6.36. The topological polar surface area (TPSA) is 56.7 Å². The van der Waals surface area contributed by atoms with E-state index in [-0.39, 0.29) is 5.54 Å². The van der Waals surface area contributed by atoms with Gasteiger partial charge < -0.3 is 10.3 Å². The Kier molecular flexibility index (Phi) is 2.12. The molecule has 15 heavy (non-hydrogen) atoms. The molecule has 0 amide bonds. The zero-order valence-electron chi connectivity index (χ0n) is 8.95. The molecule has 0 radical (unpaired) electrons. The van der Waals surface area contributed by atoms with Crippen LogP contribution >= 0.6 is 11.6 Å². The zero-order valence-corrected chi connectivity index (χ0v) is 9.71. The first-order valence-electron chi connectivity index (χ1n) is 4.69. The van der Waals surface area contributed by atoms with Gasteiger partial charge in [-0.3, -0.25) is 0 Å². The maximum Gasteiger partial charge on any atom is 0.147 e. The van der Waals surface area contributed by atoms with Gasteiger partial charge in [-0.2, -0.15) is 0 Å². The van der Waals surface area contributed by atoms with Gasteiger partial charge in [0.1, 0.15) is 17.8 Å². The molecular weight excluding hydrogens is 212 g/mol. The van der Waals surface area contributed by atoms with Crippen LogP contribution in [-0.2, 0) is 5.54 Å². The molecule has 2 rings (SSSR count). The highest BCUT2D eigenvalue weighted by Crippen LogP contribution is 2.31. The fraction of sp³-hybridized carbons (Fsp3) is 0.400. The molecule has 0 aliphatic heterocycles. The number of rotatable bonds is 0. The summed E-state index contributed by atoms with van der Waals surface area (Å²) < 4.78 is 2.00. The van der Waals surface area contributed by atoms with E-state index in [2.05, 4.69) is 30.7 Å². The number of fused-ring (bicyclic) bond motifs is 1. The lowest BCUT2D eigenvalue weighted by Gasteiger charge is -2.21. The number of nitrogens with two attached hydrogens (primary N) is 1. The number of aromatic nitrogens is 3. The Hall–Kier alpha value is -1.29. The quantitative estimate of drug-likeness (QED) is 0.748. The van der Waals surface area contributed by atoms with Crippen LogP contribution in [0.1, 0.15) is 20.8 Å². The van der Waals surface area contributed by atoms with Crippen molar-refractivity contribution in [2.45, 2.75) is 26.3 Å². The second kappa shape index (κ2) is 3.10. The molecule has 0 saturated carbocycles. The van der Waals surface area contributed by atoms with Gasteiger partial charge >= 0.3 is 0 Å². The Bertz CT molecular complexity index is 510. The summed E-state index contributed by atoms with van der Waals surface area (Å²) >= 11 is 6.11. The normalized spacial score (nSPS) is 12.3. The van der Waals surface area contributed by atoms with Crippen LogP contribution in [0, 0.1) is 0 Å².